The van der Waals surface area contributed by atoms with Crippen molar-refractivity contribution in [2.75, 3.05) is 26.7 Å². The first-order valence-electron chi connectivity index (χ1n) is 7.27. The van der Waals surface area contributed by atoms with E-state index < -0.39 is 6.09 Å². The van der Waals surface area contributed by atoms with Crippen LogP contribution < -0.4 is 5.32 Å². The Labute approximate surface area is 125 Å². The van der Waals surface area contributed by atoms with Crippen LogP contribution in [-0.2, 0) is 9.53 Å². The van der Waals surface area contributed by atoms with Crippen LogP contribution in [0.2, 0.25) is 0 Å². The summed E-state index contributed by atoms with van der Waals surface area (Å²) in [6.45, 7) is 3.57. The fraction of sp³-hybridized carbons (Fsp3) is 0.500. The molecular weight excluding hydrogens is 268 g/mol. The fourth-order valence-electron chi connectivity index (χ4n) is 2.83. The topological polar surface area (TPSA) is 58.6 Å². The lowest BCUT2D eigenvalue weighted by atomic mass is 9.88. The molecule has 114 valence electrons. The Kier molecular flexibility index (Phi) is 5.20. The van der Waals surface area contributed by atoms with Crippen LogP contribution in [0.25, 0.3) is 0 Å². The number of amides is 2. The van der Waals surface area contributed by atoms with Crippen LogP contribution in [0.3, 0.4) is 0 Å². The number of hydrogen-bond acceptors (Lipinski definition) is 3. The summed E-state index contributed by atoms with van der Waals surface area (Å²) in [5.41, 5.74) is 2.58. The second kappa shape index (κ2) is 7.11. The van der Waals surface area contributed by atoms with Crippen LogP contribution in [-0.4, -0.2) is 43.6 Å². The zero-order valence-electron chi connectivity index (χ0n) is 12.6. The molecule has 2 rings (SSSR count). The predicted octanol–water partition coefficient (Wildman–Crippen LogP) is 2.06. The molecule has 0 saturated carbocycles. The van der Waals surface area contributed by atoms with E-state index in [9.17, 15) is 9.59 Å². The third-order valence-corrected chi connectivity index (χ3v) is 3.97. The minimum absolute atomic E-state index is 0.00678. The molecule has 0 aliphatic carbocycles. The Morgan fingerprint density at radius 3 is 2.86 bits per heavy atom. The van der Waals surface area contributed by atoms with Crippen molar-refractivity contribution in [1.82, 2.24) is 10.2 Å². The number of nitrogens with one attached hydrogen (secondary N) is 1. The molecule has 1 aromatic rings. The van der Waals surface area contributed by atoms with E-state index in [0.29, 0.717) is 12.5 Å². The van der Waals surface area contributed by atoms with Crippen molar-refractivity contribution in [3.05, 3.63) is 35.4 Å². The molecule has 1 N–H and O–H groups in total. The number of nitrogens with zero attached hydrogens (tertiary/aromatic N) is 1. The molecule has 1 fully saturated rings. The Morgan fingerprint density at radius 1 is 1.38 bits per heavy atom. The van der Waals surface area contributed by atoms with Crippen LogP contribution >= 0.6 is 0 Å². The molecule has 5 nitrogen and oxygen atoms in total. The second-order valence-electron chi connectivity index (χ2n) is 5.38. The van der Waals surface area contributed by atoms with E-state index >= 15 is 0 Å². The molecule has 1 heterocycles. The van der Waals surface area contributed by atoms with Crippen molar-refractivity contribution in [2.45, 2.75) is 25.7 Å². The average molecular weight is 290 g/mol. The molecule has 0 radical (unpaired) electrons. The molecule has 5 heteroatoms. The number of alkyl carbamates (subject to hydrolysis) is 1. The highest BCUT2D eigenvalue weighted by atomic mass is 16.5. The van der Waals surface area contributed by atoms with Gasteiger partial charge in [0.25, 0.3) is 0 Å². The minimum Gasteiger partial charge on any atom is -0.453 e. The second-order valence-corrected chi connectivity index (χ2v) is 5.38. The van der Waals surface area contributed by atoms with Gasteiger partial charge in [-0.25, -0.2) is 4.79 Å². The average Bonchev–Trinajstić information content (AvgIpc) is 2.52. The van der Waals surface area contributed by atoms with Crippen LogP contribution in [0.5, 0.6) is 0 Å². The van der Waals surface area contributed by atoms with Gasteiger partial charge in [-0.3, -0.25) is 4.79 Å². The Morgan fingerprint density at radius 2 is 2.14 bits per heavy atom. The fourth-order valence-corrected chi connectivity index (χ4v) is 2.83. The van der Waals surface area contributed by atoms with E-state index in [1.807, 2.05) is 17.0 Å². The number of ether oxygens (including phenoxy) is 1. The Balaban J connectivity index is 1.96. The highest BCUT2D eigenvalue weighted by Crippen LogP contribution is 2.28. The van der Waals surface area contributed by atoms with Crippen molar-refractivity contribution >= 4 is 12.0 Å². The van der Waals surface area contributed by atoms with Crippen molar-refractivity contribution in [1.29, 1.82) is 0 Å². The third-order valence-electron chi connectivity index (χ3n) is 3.97. The van der Waals surface area contributed by atoms with E-state index in [0.717, 1.165) is 19.4 Å². The summed E-state index contributed by atoms with van der Waals surface area (Å²) in [6, 6.07) is 8.32. The van der Waals surface area contributed by atoms with Crippen molar-refractivity contribution in [3.63, 3.8) is 0 Å². The molecule has 0 bridgehead atoms. The smallest absolute Gasteiger partial charge is 0.407 e. The normalized spacial score (nSPS) is 18.2. The quantitative estimate of drug-likeness (QED) is 0.927. The number of rotatable bonds is 3. The van der Waals surface area contributed by atoms with Crippen LogP contribution in [0, 0.1) is 6.92 Å². The van der Waals surface area contributed by atoms with Gasteiger partial charge in [0.15, 0.2) is 0 Å². The molecule has 1 atom stereocenters. The van der Waals surface area contributed by atoms with E-state index in [1.165, 1.54) is 18.2 Å². The minimum atomic E-state index is -0.573. The van der Waals surface area contributed by atoms with E-state index in [1.54, 1.807) is 0 Å². The van der Waals surface area contributed by atoms with Gasteiger partial charge in [-0.15, -0.1) is 0 Å². The summed E-state index contributed by atoms with van der Waals surface area (Å²) in [7, 11) is 1.29. The molecule has 21 heavy (non-hydrogen) atoms. The zero-order valence-corrected chi connectivity index (χ0v) is 12.6. The highest BCUT2D eigenvalue weighted by Gasteiger charge is 2.25. The number of benzene rings is 1. The SMILES string of the molecule is COC(=O)NCC(=O)N1CCC[C@@H](c2ccccc2C)C1. The largest absolute Gasteiger partial charge is 0.453 e. The zero-order chi connectivity index (χ0) is 15.2. The van der Waals surface area contributed by atoms with Gasteiger partial charge in [-0.2, -0.15) is 0 Å². The number of aryl methyl sites for hydroxylation is 1. The summed E-state index contributed by atoms with van der Waals surface area (Å²) in [5.74, 6) is 0.320. The molecule has 0 spiro atoms. The molecule has 2 amide bonds. The van der Waals surface area contributed by atoms with E-state index in [-0.39, 0.29) is 12.5 Å². The first-order valence-corrected chi connectivity index (χ1v) is 7.27. The summed E-state index contributed by atoms with van der Waals surface area (Å²) in [6.07, 6.45) is 1.51. The molecule has 1 aliphatic heterocycles. The number of hydrogen-bond donors (Lipinski definition) is 1. The maximum absolute atomic E-state index is 12.1. The van der Waals surface area contributed by atoms with Crippen molar-refractivity contribution < 1.29 is 14.3 Å². The maximum atomic E-state index is 12.1. The molecule has 0 unspecified atom stereocenters. The molecule has 1 aromatic carbocycles. The van der Waals surface area contributed by atoms with Crippen molar-refractivity contribution in [2.24, 2.45) is 0 Å². The highest BCUT2D eigenvalue weighted by molar-refractivity contribution is 5.82. The van der Waals surface area contributed by atoms with Crippen LogP contribution in [0.4, 0.5) is 4.79 Å². The van der Waals surface area contributed by atoms with Gasteiger partial charge < -0.3 is 15.0 Å². The van der Waals surface area contributed by atoms with Crippen LogP contribution in [0.15, 0.2) is 24.3 Å². The Bertz CT molecular complexity index is 516. The predicted molar refractivity (Wildman–Crippen MR) is 80.1 cm³/mol. The summed E-state index contributed by atoms with van der Waals surface area (Å²) in [5, 5.41) is 2.44. The van der Waals surface area contributed by atoms with Gasteiger partial charge in [-0.1, -0.05) is 24.3 Å². The number of likely N-dealkylation sites (tertiary alicyclic amines) is 1. The third kappa shape index (κ3) is 3.97. The van der Waals surface area contributed by atoms with Gasteiger partial charge >= 0.3 is 6.09 Å². The lowest BCUT2D eigenvalue weighted by molar-refractivity contribution is -0.131. The van der Waals surface area contributed by atoms with Gasteiger partial charge in [0.05, 0.1) is 7.11 Å². The standard InChI is InChI=1S/C16H22N2O3/c1-12-6-3-4-8-14(12)13-7-5-9-18(11-13)15(19)10-17-16(20)21-2/h3-4,6,8,13H,5,7,9-11H2,1-2H3,(H,17,20)/t13-/m1/s1. The first kappa shape index (κ1) is 15.4. The number of carbonyl (C=O) groups is 2. The van der Waals surface area contributed by atoms with Gasteiger partial charge in [0, 0.05) is 19.0 Å². The van der Waals surface area contributed by atoms with Crippen molar-refractivity contribution in [3.8, 4) is 0 Å². The number of carbonyl (C=O) groups excluding carboxylic acids is 2. The molecule has 1 aliphatic rings. The van der Waals surface area contributed by atoms with Gasteiger partial charge in [-0.05, 0) is 30.9 Å². The summed E-state index contributed by atoms with van der Waals surface area (Å²) >= 11 is 0. The van der Waals surface area contributed by atoms with E-state index in [4.69, 9.17) is 0 Å². The lowest BCUT2D eigenvalue weighted by Crippen LogP contribution is -2.44. The van der Waals surface area contributed by atoms with Gasteiger partial charge in [0.2, 0.25) is 5.91 Å². The number of methoxy groups -OCH3 is 1. The molecule has 1 saturated heterocycles. The summed E-state index contributed by atoms with van der Waals surface area (Å²) in [4.78, 5) is 25.0. The monoisotopic (exact) mass is 290 g/mol. The maximum Gasteiger partial charge on any atom is 0.407 e. The first-order chi connectivity index (χ1) is 10.1. The van der Waals surface area contributed by atoms with E-state index in [2.05, 4.69) is 29.1 Å². The Hall–Kier alpha value is -2.04. The van der Waals surface area contributed by atoms with Gasteiger partial charge in [0.1, 0.15) is 6.54 Å². The summed E-state index contributed by atoms with van der Waals surface area (Å²) < 4.78 is 4.47. The molecular formula is C16H22N2O3. The van der Waals surface area contributed by atoms with Crippen LogP contribution in [0.1, 0.15) is 29.9 Å². The number of piperidine rings is 1. The lowest BCUT2D eigenvalue weighted by Gasteiger charge is -2.33. The molecule has 0 aromatic heterocycles.